The van der Waals surface area contributed by atoms with Gasteiger partial charge in [0.15, 0.2) is 0 Å². The summed E-state index contributed by atoms with van der Waals surface area (Å²) in [6, 6.07) is 27.6. The average molecular weight is 1060 g/mol. The molecule has 2 amide bonds. The number of aromatic hydroxyl groups is 1. The minimum Gasteiger partial charge on any atom is -0.508 e. The highest BCUT2D eigenvalue weighted by Crippen LogP contribution is 2.37. The Morgan fingerprint density at radius 3 is 1.54 bits per heavy atom. The molecule has 2 fully saturated rings. The number of carbonyl (C=O) groups excluding carboxylic acids is 3. The first-order chi connectivity index (χ1) is 36.7. The quantitative estimate of drug-likeness (QED) is 0.0609. The molecule has 8 rings (SSSR count). The number of aromatic nitrogens is 2. The summed E-state index contributed by atoms with van der Waals surface area (Å²) in [7, 11) is 7.50. The van der Waals surface area contributed by atoms with Crippen LogP contribution in [-0.4, -0.2) is 118 Å². The number of rotatable bonds is 18. The van der Waals surface area contributed by atoms with E-state index in [1.807, 2.05) is 60.7 Å². The van der Waals surface area contributed by atoms with Gasteiger partial charge >= 0.3 is 11.9 Å². The fraction of sp³-hybridized carbons (Fsp3) is 0.424. The summed E-state index contributed by atoms with van der Waals surface area (Å²) in [5.41, 5.74) is 0.797. The van der Waals surface area contributed by atoms with Crippen molar-refractivity contribution in [2.45, 2.75) is 77.3 Å². The van der Waals surface area contributed by atoms with Crippen molar-refractivity contribution < 1.29 is 57.8 Å². The number of fused-ring (bicyclic) bond motifs is 2. The summed E-state index contributed by atoms with van der Waals surface area (Å²) in [6.45, 7) is 5.32. The Labute approximate surface area is 450 Å². The van der Waals surface area contributed by atoms with E-state index in [2.05, 4.69) is 23.8 Å². The van der Waals surface area contributed by atoms with Gasteiger partial charge in [0.1, 0.15) is 16.7 Å². The fourth-order valence-electron chi connectivity index (χ4n) is 9.90. The average Bonchev–Trinajstić information content (AvgIpc) is 3.42. The van der Waals surface area contributed by atoms with Gasteiger partial charge in [-0.2, -0.15) is 0 Å². The first-order valence-electron chi connectivity index (χ1n) is 25.6. The molecule has 2 aliphatic carbocycles. The molecular formula is C59H71ClN4O12. The zero-order valence-electron chi connectivity index (χ0n) is 44.5. The highest BCUT2D eigenvalue weighted by molar-refractivity contribution is 6.34. The molecule has 6 aromatic rings. The molecule has 2 aromatic heterocycles. The van der Waals surface area contributed by atoms with Crippen molar-refractivity contribution in [3.8, 4) is 17.4 Å². The second-order valence-electron chi connectivity index (χ2n) is 19.4. The minimum atomic E-state index is -1.16. The van der Waals surface area contributed by atoms with Crippen molar-refractivity contribution in [1.29, 1.82) is 0 Å². The van der Waals surface area contributed by atoms with Crippen LogP contribution in [0.3, 0.4) is 0 Å². The summed E-state index contributed by atoms with van der Waals surface area (Å²) in [5.74, 6) is -0.397. The molecule has 406 valence electrons. The number of hydrogen-bond acceptors (Lipinski definition) is 13. The maximum absolute atomic E-state index is 13.9. The van der Waals surface area contributed by atoms with E-state index in [0.29, 0.717) is 40.0 Å². The topological polar surface area (TPSA) is 196 Å². The Balaban J connectivity index is 0.000000210. The summed E-state index contributed by atoms with van der Waals surface area (Å²) < 4.78 is 32.4. The normalized spacial score (nSPS) is 17.2. The van der Waals surface area contributed by atoms with Crippen LogP contribution < -0.4 is 14.5 Å². The van der Waals surface area contributed by atoms with Gasteiger partial charge in [0.25, 0.3) is 0 Å². The smallest absolute Gasteiger partial charge is 0.340 e. The van der Waals surface area contributed by atoms with E-state index >= 15 is 0 Å². The fourth-order valence-corrected chi connectivity index (χ4v) is 10.1. The lowest BCUT2D eigenvalue weighted by Gasteiger charge is -2.36. The molecule has 0 saturated heterocycles. The Bertz CT molecular complexity index is 2850. The molecule has 0 radical (unpaired) electrons. The van der Waals surface area contributed by atoms with Gasteiger partial charge in [-0.1, -0.05) is 67.9 Å². The summed E-state index contributed by atoms with van der Waals surface area (Å²) in [4.78, 5) is 63.7. The molecule has 0 spiro atoms. The largest absolute Gasteiger partial charge is 0.508 e. The van der Waals surface area contributed by atoms with Crippen molar-refractivity contribution in [2.24, 2.45) is 23.7 Å². The molecule has 2 saturated carbocycles. The number of pyridine rings is 2. The third-order valence-electron chi connectivity index (χ3n) is 14.0. The van der Waals surface area contributed by atoms with Crippen molar-refractivity contribution >= 4 is 68.3 Å². The van der Waals surface area contributed by atoms with Gasteiger partial charge in [-0.15, -0.1) is 0 Å². The number of nitrogens with zero attached hydrogens (tertiary/aromatic N) is 4. The maximum atomic E-state index is 13.9. The Morgan fingerprint density at radius 2 is 1.05 bits per heavy atom. The van der Waals surface area contributed by atoms with Gasteiger partial charge in [-0.3, -0.25) is 9.59 Å². The molecule has 0 atom stereocenters. The van der Waals surface area contributed by atoms with E-state index in [1.54, 1.807) is 68.8 Å². The van der Waals surface area contributed by atoms with Gasteiger partial charge in [0.2, 0.25) is 17.7 Å². The third-order valence-corrected chi connectivity index (χ3v) is 14.3. The van der Waals surface area contributed by atoms with Crippen LogP contribution in [0.1, 0.15) is 85.9 Å². The number of esters is 1. The number of phenolic OH excluding ortho intramolecular Hbond substituents is 1. The van der Waals surface area contributed by atoms with Crippen LogP contribution in [0.15, 0.2) is 109 Å². The first-order valence-corrected chi connectivity index (χ1v) is 26.0. The molecule has 17 heteroatoms. The van der Waals surface area contributed by atoms with E-state index in [-0.39, 0.29) is 67.0 Å². The highest BCUT2D eigenvalue weighted by Gasteiger charge is 2.37. The first kappa shape index (κ1) is 58.6. The number of aromatic carboxylic acids is 1. The molecule has 76 heavy (non-hydrogen) atoms. The minimum absolute atomic E-state index is 0.0347. The number of carboxylic acid groups (broad SMARTS) is 1. The number of anilines is 2. The molecule has 2 aliphatic rings. The van der Waals surface area contributed by atoms with E-state index in [0.717, 1.165) is 72.9 Å². The zero-order chi connectivity index (χ0) is 54.7. The second-order valence-corrected chi connectivity index (χ2v) is 19.8. The number of ether oxygens (including phenoxy) is 6. The van der Waals surface area contributed by atoms with Crippen molar-refractivity contribution in [3.05, 3.63) is 126 Å². The van der Waals surface area contributed by atoms with Gasteiger partial charge in [-0.25, -0.2) is 19.6 Å². The predicted octanol–water partition coefficient (Wildman–Crippen LogP) is 11.4. The number of benzene rings is 4. The molecule has 16 nitrogen and oxygen atoms in total. The van der Waals surface area contributed by atoms with Gasteiger partial charge in [-0.05, 0) is 129 Å². The number of amides is 2. The van der Waals surface area contributed by atoms with Crippen LogP contribution >= 0.6 is 11.6 Å². The monoisotopic (exact) mass is 1060 g/mol. The molecule has 0 aliphatic heterocycles. The summed E-state index contributed by atoms with van der Waals surface area (Å²) in [5, 5.41) is 24.5. The standard InChI is InChI=1S/C29H34N2O6.C21H31NO6.C9H6ClN/c1-19-8-10-21(11-9-19)28(32)31(22(17-35-2)18-36-3)26-13-12-23(16-25(26)29(33)34)37-27-24-7-5-4-6-20(24)14-15-30-27;1-14-5-7-15(8-6-14)20(24)22(16(12-26-2)13-27-3)19-10-9-17(23)11-18(19)21(25)28-4;10-9-8-4-2-1-3-7(8)5-6-11-9/h4-7,12-16,19,21-22H,8-11,17-18H2,1-3H3,(H,33,34);9-11,14-16,23H,5-8,12-13H2,1-4H3;1-6H. The van der Waals surface area contributed by atoms with E-state index < -0.39 is 24.0 Å². The van der Waals surface area contributed by atoms with Crippen molar-refractivity contribution in [2.75, 3.05) is 71.8 Å². The van der Waals surface area contributed by atoms with Crippen LogP contribution in [0.25, 0.3) is 21.5 Å². The maximum Gasteiger partial charge on any atom is 0.340 e. The van der Waals surface area contributed by atoms with Crippen LogP contribution in [0.4, 0.5) is 11.4 Å². The Hall–Kier alpha value is -6.69. The SMILES string of the molecule is COCC(COC)N(C(=O)C1CCC(C)CC1)c1ccc(O)cc1C(=O)OC.COCC(COC)N(C(=O)C1CCC(C)CC1)c1ccc(Oc2nccc3ccccc23)cc1C(=O)O.Clc1nccc2ccccc12. The Morgan fingerprint density at radius 1 is 0.592 bits per heavy atom. The number of methoxy groups -OCH3 is 5. The summed E-state index contributed by atoms with van der Waals surface area (Å²) >= 11 is 5.85. The van der Waals surface area contributed by atoms with E-state index in [9.17, 15) is 29.4 Å². The van der Waals surface area contributed by atoms with Crippen LogP contribution in [0.5, 0.6) is 17.4 Å². The number of hydrogen-bond donors (Lipinski definition) is 2. The van der Waals surface area contributed by atoms with Crippen molar-refractivity contribution in [3.63, 3.8) is 0 Å². The third kappa shape index (κ3) is 15.3. The van der Waals surface area contributed by atoms with Gasteiger partial charge < -0.3 is 48.4 Å². The van der Waals surface area contributed by atoms with E-state index in [1.165, 1.54) is 25.3 Å². The van der Waals surface area contributed by atoms with Crippen LogP contribution in [0.2, 0.25) is 5.15 Å². The number of halogens is 1. The highest BCUT2D eigenvalue weighted by atomic mass is 35.5. The van der Waals surface area contributed by atoms with Crippen LogP contribution in [0, 0.1) is 23.7 Å². The molecule has 0 bridgehead atoms. The van der Waals surface area contributed by atoms with E-state index in [4.69, 9.17) is 40.0 Å². The number of carbonyl (C=O) groups is 4. The number of phenols is 1. The molecule has 2 N–H and O–H groups in total. The lowest BCUT2D eigenvalue weighted by molar-refractivity contribution is -0.125. The molecular weight excluding hydrogens is 992 g/mol. The molecule has 4 aromatic carbocycles. The van der Waals surface area contributed by atoms with Crippen LogP contribution in [-0.2, 0) is 33.3 Å². The second kappa shape index (κ2) is 29.0. The Kier molecular flexibility index (Phi) is 22.3. The zero-order valence-corrected chi connectivity index (χ0v) is 45.2. The molecule has 0 unspecified atom stereocenters. The van der Waals surface area contributed by atoms with Crippen molar-refractivity contribution in [1.82, 2.24) is 9.97 Å². The lowest BCUT2D eigenvalue weighted by Crippen LogP contribution is -2.49. The predicted molar refractivity (Wildman–Crippen MR) is 294 cm³/mol. The van der Waals surface area contributed by atoms with Gasteiger partial charge in [0, 0.05) is 63.4 Å². The number of carboxylic acids is 1. The molecule has 2 heterocycles. The van der Waals surface area contributed by atoms with Gasteiger partial charge in [0.05, 0.1) is 68.1 Å². The summed E-state index contributed by atoms with van der Waals surface area (Å²) in [6.07, 6.45) is 10.5. The lowest BCUT2D eigenvalue weighted by atomic mass is 9.82.